The summed E-state index contributed by atoms with van der Waals surface area (Å²) in [4.78, 5) is 40.8. The van der Waals surface area contributed by atoms with Crippen LogP contribution in [-0.2, 0) is 34.3 Å². The third-order valence-corrected chi connectivity index (χ3v) is 5.92. The van der Waals surface area contributed by atoms with Crippen molar-refractivity contribution in [3.8, 4) is 0 Å². The van der Waals surface area contributed by atoms with Crippen LogP contribution in [0.2, 0.25) is 0 Å². The molecule has 0 spiro atoms. The molecule has 1 unspecified atom stereocenters. The Bertz CT molecular complexity index is 1010. The van der Waals surface area contributed by atoms with Crippen LogP contribution in [0.25, 0.3) is 0 Å². The fraction of sp³-hybridized carbons (Fsp3) is 0.409. The zero-order valence-electron chi connectivity index (χ0n) is 17.6. The molecule has 2 aliphatic rings. The minimum absolute atomic E-state index is 0.0466. The maximum atomic E-state index is 12.5. The molecule has 0 fully saturated rings. The molecule has 30 heavy (non-hydrogen) atoms. The lowest BCUT2D eigenvalue weighted by Gasteiger charge is -2.26. The van der Waals surface area contributed by atoms with Crippen LogP contribution in [0.4, 0.5) is 11.4 Å². The smallest absolute Gasteiger partial charge is 0.313 e. The van der Waals surface area contributed by atoms with E-state index in [-0.39, 0.29) is 11.9 Å². The fourth-order valence-corrected chi connectivity index (χ4v) is 4.36. The molecule has 2 aliphatic heterocycles. The van der Waals surface area contributed by atoms with Gasteiger partial charge in [-0.3, -0.25) is 19.3 Å². The van der Waals surface area contributed by atoms with Crippen molar-refractivity contribution in [3.05, 3.63) is 47.3 Å². The molecule has 0 aliphatic carbocycles. The Morgan fingerprint density at radius 3 is 2.53 bits per heavy atom. The molecule has 3 amide bonds. The Hall–Kier alpha value is -3.13. The van der Waals surface area contributed by atoms with E-state index in [1.165, 1.54) is 0 Å². The van der Waals surface area contributed by atoms with E-state index in [0.717, 1.165) is 28.9 Å². The number of carbonyl (C=O) groups is 3. The lowest BCUT2D eigenvalue weighted by Crippen LogP contribution is -2.40. The summed E-state index contributed by atoms with van der Waals surface area (Å²) in [6, 6.07) is 7.65. The van der Waals surface area contributed by atoms with Crippen molar-refractivity contribution in [3.63, 3.8) is 0 Å². The molecular weight excluding hydrogens is 382 g/mol. The number of aromatic nitrogens is 1. The number of amides is 3. The Balaban J connectivity index is 1.41. The van der Waals surface area contributed by atoms with E-state index < -0.39 is 11.8 Å². The van der Waals surface area contributed by atoms with Crippen LogP contribution >= 0.6 is 0 Å². The summed E-state index contributed by atoms with van der Waals surface area (Å²) in [5.41, 5.74) is 4.75. The topological polar surface area (TPSA) is 86.7 Å². The van der Waals surface area contributed by atoms with E-state index in [2.05, 4.69) is 10.6 Å². The molecule has 2 N–H and O–H groups in total. The maximum absolute atomic E-state index is 12.5. The van der Waals surface area contributed by atoms with Gasteiger partial charge < -0.3 is 20.1 Å². The molecule has 158 valence electrons. The molecule has 2 aromatic rings. The highest BCUT2D eigenvalue weighted by atomic mass is 16.2. The predicted octanol–water partition coefficient (Wildman–Crippen LogP) is 1.22. The molecule has 3 heterocycles. The minimum atomic E-state index is -0.687. The van der Waals surface area contributed by atoms with Gasteiger partial charge in [-0.25, -0.2) is 0 Å². The second-order valence-electron chi connectivity index (χ2n) is 8.13. The highest BCUT2D eigenvalue weighted by molar-refractivity contribution is 6.39. The highest BCUT2D eigenvalue weighted by Crippen LogP contribution is 2.38. The van der Waals surface area contributed by atoms with Gasteiger partial charge in [0.25, 0.3) is 0 Å². The van der Waals surface area contributed by atoms with Gasteiger partial charge in [-0.05, 0) is 62.3 Å². The monoisotopic (exact) mass is 409 g/mol. The number of anilines is 2. The SMILES string of the molecule is CN(C)C(CNC(=O)C(=O)Nc1cc2c3c(c1)CCN3C(=O)CC2)c1cccn1C. The van der Waals surface area contributed by atoms with E-state index in [1.54, 1.807) is 0 Å². The van der Waals surface area contributed by atoms with Gasteiger partial charge >= 0.3 is 11.8 Å². The average Bonchev–Trinajstić information content (AvgIpc) is 3.32. The van der Waals surface area contributed by atoms with Crippen LogP contribution in [0.15, 0.2) is 30.5 Å². The number of carbonyl (C=O) groups excluding carboxylic acids is 3. The lowest BCUT2D eigenvalue weighted by molar-refractivity contribution is -0.136. The number of benzene rings is 1. The Morgan fingerprint density at radius 1 is 1.13 bits per heavy atom. The van der Waals surface area contributed by atoms with Crippen molar-refractivity contribution in [2.75, 3.05) is 37.4 Å². The van der Waals surface area contributed by atoms with Gasteiger partial charge in [-0.2, -0.15) is 0 Å². The first kappa shape index (κ1) is 20.2. The second-order valence-corrected chi connectivity index (χ2v) is 8.13. The third-order valence-electron chi connectivity index (χ3n) is 5.92. The third kappa shape index (κ3) is 3.70. The first-order valence-corrected chi connectivity index (χ1v) is 10.2. The number of hydrogen-bond acceptors (Lipinski definition) is 4. The van der Waals surface area contributed by atoms with Crippen molar-refractivity contribution in [1.29, 1.82) is 0 Å². The largest absolute Gasteiger partial charge is 0.353 e. The molecule has 1 aromatic heterocycles. The fourth-order valence-electron chi connectivity index (χ4n) is 4.36. The number of nitrogens with one attached hydrogen (secondary N) is 2. The summed E-state index contributed by atoms with van der Waals surface area (Å²) >= 11 is 0. The molecular formula is C22H27N5O3. The van der Waals surface area contributed by atoms with Crippen LogP contribution in [0.3, 0.4) is 0 Å². The Labute approximate surface area is 175 Å². The van der Waals surface area contributed by atoms with Crippen molar-refractivity contribution >= 4 is 29.1 Å². The number of rotatable bonds is 5. The number of hydrogen-bond donors (Lipinski definition) is 2. The van der Waals surface area contributed by atoms with Gasteiger partial charge in [-0.1, -0.05) is 0 Å². The van der Waals surface area contributed by atoms with Crippen LogP contribution in [0.1, 0.15) is 29.3 Å². The Kier molecular flexibility index (Phi) is 5.34. The van der Waals surface area contributed by atoms with Gasteiger partial charge in [0.05, 0.1) is 11.7 Å². The summed E-state index contributed by atoms with van der Waals surface area (Å²) in [6.07, 6.45) is 3.87. The molecule has 1 atom stereocenters. The van der Waals surface area contributed by atoms with E-state index in [1.807, 2.05) is 66.0 Å². The summed E-state index contributed by atoms with van der Waals surface area (Å²) in [5.74, 6) is -1.19. The predicted molar refractivity (Wildman–Crippen MR) is 114 cm³/mol. The molecule has 0 saturated carbocycles. The van der Waals surface area contributed by atoms with Crippen LogP contribution in [0, 0.1) is 0 Å². The quantitative estimate of drug-likeness (QED) is 0.727. The van der Waals surface area contributed by atoms with Crippen LogP contribution in [0.5, 0.6) is 0 Å². The first-order valence-electron chi connectivity index (χ1n) is 10.2. The van der Waals surface area contributed by atoms with Gasteiger partial charge in [-0.15, -0.1) is 0 Å². The zero-order chi connectivity index (χ0) is 21.4. The minimum Gasteiger partial charge on any atom is -0.353 e. The molecule has 0 bridgehead atoms. The molecule has 4 rings (SSSR count). The summed E-state index contributed by atoms with van der Waals surface area (Å²) in [7, 11) is 5.83. The average molecular weight is 409 g/mol. The molecule has 0 radical (unpaired) electrons. The van der Waals surface area contributed by atoms with Crippen molar-refractivity contribution < 1.29 is 14.4 Å². The van der Waals surface area contributed by atoms with Crippen LogP contribution in [-0.4, -0.2) is 54.4 Å². The van der Waals surface area contributed by atoms with Gasteiger partial charge in [0.1, 0.15) is 0 Å². The van der Waals surface area contributed by atoms with Crippen molar-refractivity contribution in [2.45, 2.75) is 25.3 Å². The molecule has 1 aromatic carbocycles. The Morgan fingerprint density at radius 2 is 1.87 bits per heavy atom. The van der Waals surface area contributed by atoms with E-state index in [9.17, 15) is 14.4 Å². The van der Waals surface area contributed by atoms with Gasteiger partial charge in [0.15, 0.2) is 0 Å². The van der Waals surface area contributed by atoms with E-state index in [4.69, 9.17) is 0 Å². The van der Waals surface area contributed by atoms with Crippen molar-refractivity contribution in [2.24, 2.45) is 7.05 Å². The zero-order valence-corrected chi connectivity index (χ0v) is 17.6. The van der Waals surface area contributed by atoms with E-state index in [0.29, 0.717) is 31.6 Å². The first-order chi connectivity index (χ1) is 14.3. The molecule has 0 saturated heterocycles. The standard InChI is InChI=1S/C22H27N5O3/c1-25(2)18(17-5-4-9-26(17)3)13-23-21(29)22(30)24-16-11-14-6-7-19(28)27-10-8-15(12-16)20(14)27/h4-5,9,11-12,18H,6-8,10,13H2,1-3H3,(H,23,29)(H,24,30). The van der Waals surface area contributed by atoms with E-state index >= 15 is 0 Å². The lowest BCUT2D eigenvalue weighted by atomic mass is 9.98. The normalized spacial score (nSPS) is 15.9. The summed E-state index contributed by atoms with van der Waals surface area (Å²) in [5, 5.41) is 5.47. The highest BCUT2D eigenvalue weighted by Gasteiger charge is 2.31. The van der Waals surface area contributed by atoms with Gasteiger partial charge in [0, 0.05) is 44.1 Å². The number of nitrogens with zero attached hydrogens (tertiary/aromatic N) is 3. The summed E-state index contributed by atoms with van der Waals surface area (Å²) < 4.78 is 2.00. The number of aryl methyl sites for hydroxylation is 2. The maximum Gasteiger partial charge on any atom is 0.313 e. The van der Waals surface area contributed by atoms with Gasteiger partial charge in [0.2, 0.25) is 5.91 Å². The number of likely N-dealkylation sites (N-methyl/N-ethyl adjacent to an activating group) is 1. The summed E-state index contributed by atoms with van der Waals surface area (Å²) in [6.45, 7) is 1.01. The van der Waals surface area contributed by atoms with Crippen LogP contribution < -0.4 is 15.5 Å². The molecule has 8 heteroatoms. The van der Waals surface area contributed by atoms with Crippen molar-refractivity contribution in [1.82, 2.24) is 14.8 Å². The second kappa shape index (κ2) is 7.95. The molecule has 8 nitrogen and oxygen atoms in total.